The molecule has 1 aromatic carbocycles. The van der Waals surface area contributed by atoms with Crippen molar-refractivity contribution < 1.29 is 24.2 Å². The van der Waals surface area contributed by atoms with Crippen LogP contribution in [0.5, 0.6) is 5.75 Å². The third-order valence-corrected chi connectivity index (χ3v) is 5.95. The normalized spacial score (nSPS) is 23.7. The maximum absolute atomic E-state index is 13.3. The number of hydrogen-bond acceptors (Lipinski definition) is 6. The number of likely N-dealkylation sites (N-methyl/N-ethyl adjacent to an activating group) is 1. The zero-order valence-electron chi connectivity index (χ0n) is 18.0. The molecule has 0 aromatic heterocycles. The number of benzene rings is 1. The predicted molar refractivity (Wildman–Crippen MR) is 114 cm³/mol. The molecule has 2 aliphatic heterocycles. The van der Waals surface area contributed by atoms with Crippen molar-refractivity contribution in [1.29, 1.82) is 0 Å². The van der Waals surface area contributed by atoms with E-state index in [0.717, 1.165) is 0 Å². The van der Waals surface area contributed by atoms with Crippen molar-refractivity contribution in [2.75, 3.05) is 45.3 Å². The van der Waals surface area contributed by atoms with E-state index in [1.54, 1.807) is 23.1 Å². The number of aliphatic hydroxyl groups excluding tert-OH is 1. The van der Waals surface area contributed by atoms with E-state index in [1.807, 2.05) is 20.9 Å². The fourth-order valence-electron chi connectivity index (χ4n) is 3.98. The van der Waals surface area contributed by atoms with E-state index in [4.69, 9.17) is 9.47 Å². The summed E-state index contributed by atoms with van der Waals surface area (Å²) < 4.78 is 11.7. The smallest absolute Gasteiger partial charge is 0.258 e. The van der Waals surface area contributed by atoms with Crippen molar-refractivity contribution >= 4 is 17.5 Å². The Kier molecular flexibility index (Phi) is 7.69. The van der Waals surface area contributed by atoms with Crippen LogP contribution in [0.1, 0.15) is 37.0 Å². The Labute approximate surface area is 177 Å². The molecule has 2 aliphatic rings. The first-order chi connectivity index (χ1) is 14.5. The summed E-state index contributed by atoms with van der Waals surface area (Å²) in [6.45, 7) is 5.97. The highest BCUT2D eigenvalue weighted by atomic mass is 16.5. The van der Waals surface area contributed by atoms with E-state index in [1.165, 1.54) is 0 Å². The molecule has 3 atom stereocenters. The van der Waals surface area contributed by atoms with Crippen molar-refractivity contribution in [3.05, 3.63) is 23.8 Å². The number of hydrogen-bond donors (Lipinski definition) is 3. The quantitative estimate of drug-likeness (QED) is 0.646. The van der Waals surface area contributed by atoms with Crippen LogP contribution in [0.15, 0.2) is 18.2 Å². The van der Waals surface area contributed by atoms with Crippen molar-refractivity contribution in [2.45, 2.75) is 38.8 Å². The first kappa shape index (κ1) is 22.5. The van der Waals surface area contributed by atoms with Crippen molar-refractivity contribution in [3.63, 3.8) is 0 Å². The summed E-state index contributed by atoms with van der Waals surface area (Å²) in [5.74, 6) is 0.0246. The van der Waals surface area contributed by atoms with E-state index >= 15 is 0 Å². The lowest BCUT2D eigenvalue weighted by Crippen LogP contribution is -2.49. The molecule has 0 aliphatic carbocycles. The molecule has 0 unspecified atom stereocenters. The van der Waals surface area contributed by atoms with Crippen molar-refractivity contribution in [2.24, 2.45) is 11.8 Å². The lowest BCUT2D eigenvalue weighted by molar-refractivity contribution is -0.122. The average Bonchev–Trinajstić information content (AvgIpc) is 2.76. The molecule has 3 rings (SSSR count). The van der Waals surface area contributed by atoms with Gasteiger partial charge >= 0.3 is 0 Å². The van der Waals surface area contributed by atoms with E-state index in [-0.39, 0.29) is 42.4 Å². The molecule has 1 saturated heterocycles. The highest BCUT2D eigenvalue weighted by molar-refractivity contribution is 6.02. The summed E-state index contributed by atoms with van der Waals surface area (Å²) in [7, 11) is 1.86. The molecular formula is C22H33N3O5. The number of aliphatic hydroxyl groups is 1. The maximum Gasteiger partial charge on any atom is 0.258 e. The third-order valence-electron chi connectivity index (χ3n) is 5.95. The first-order valence-electron chi connectivity index (χ1n) is 10.7. The molecule has 30 heavy (non-hydrogen) atoms. The second-order valence-corrected chi connectivity index (χ2v) is 8.24. The van der Waals surface area contributed by atoms with Crippen LogP contribution in [-0.4, -0.2) is 73.9 Å². The van der Waals surface area contributed by atoms with E-state index in [0.29, 0.717) is 56.1 Å². The van der Waals surface area contributed by atoms with Gasteiger partial charge in [-0.1, -0.05) is 13.0 Å². The molecule has 3 N–H and O–H groups in total. The number of nitrogens with one attached hydrogen (secondary N) is 2. The van der Waals surface area contributed by atoms with Gasteiger partial charge < -0.3 is 30.1 Å². The summed E-state index contributed by atoms with van der Waals surface area (Å²) in [4.78, 5) is 27.8. The molecule has 8 heteroatoms. The number of carbonyl (C=O) groups is 2. The number of fused-ring (bicyclic) bond motifs is 1. The topological polar surface area (TPSA) is 100 Å². The Balaban J connectivity index is 1.96. The minimum Gasteiger partial charge on any atom is -0.486 e. The largest absolute Gasteiger partial charge is 0.486 e. The Morgan fingerprint density at radius 1 is 1.33 bits per heavy atom. The summed E-state index contributed by atoms with van der Waals surface area (Å²) in [5, 5.41) is 15.8. The summed E-state index contributed by atoms with van der Waals surface area (Å²) >= 11 is 0. The van der Waals surface area contributed by atoms with Gasteiger partial charge in [-0.05, 0) is 38.9 Å². The van der Waals surface area contributed by atoms with Gasteiger partial charge in [0.25, 0.3) is 5.91 Å². The van der Waals surface area contributed by atoms with Gasteiger partial charge in [-0.25, -0.2) is 0 Å². The van der Waals surface area contributed by atoms with Gasteiger partial charge in [0.2, 0.25) is 5.91 Å². The number of amides is 2. The fourth-order valence-corrected chi connectivity index (χ4v) is 3.98. The lowest BCUT2D eigenvalue weighted by atomic mass is 9.98. The predicted octanol–water partition coefficient (Wildman–Crippen LogP) is 1.49. The molecule has 0 bridgehead atoms. The molecule has 0 saturated carbocycles. The van der Waals surface area contributed by atoms with Crippen LogP contribution >= 0.6 is 0 Å². The van der Waals surface area contributed by atoms with Gasteiger partial charge in [-0.3, -0.25) is 9.59 Å². The Bertz CT molecular complexity index is 750. The standard InChI is InChI=1S/C22H33N3O5/c1-14-12-25(15(2)13-26)22(28)17-5-4-6-18(20(17)30-19(14)11-23-3)24-21(27)16-7-9-29-10-8-16/h4-6,14-16,19,23,26H,7-13H2,1-3H3,(H,24,27)/t14-,15-,19-/m0/s1. The van der Waals surface area contributed by atoms with Crippen LogP contribution in [0, 0.1) is 11.8 Å². The van der Waals surface area contributed by atoms with Crippen LogP contribution in [-0.2, 0) is 9.53 Å². The van der Waals surface area contributed by atoms with Gasteiger partial charge in [0, 0.05) is 38.1 Å². The van der Waals surface area contributed by atoms with Gasteiger partial charge in [-0.2, -0.15) is 0 Å². The van der Waals surface area contributed by atoms with Gasteiger partial charge in [-0.15, -0.1) is 0 Å². The molecule has 0 spiro atoms. The summed E-state index contributed by atoms with van der Waals surface area (Å²) in [6.07, 6.45) is 1.17. The Morgan fingerprint density at radius 2 is 2.07 bits per heavy atom. The third kappa shape index (κ3) is 4.94. The zero-order valence-corrected chi connectivity index (χ0v) is 18.0. The number of para-hydroxylation sites is 1. The SMILES string of the molecule is CNC[C@@H]1Oc2c(NC(=O)C3CCOCC3)cccc2C(=O)N([C@@H](C)CO)C[C@@H]1C. The highest BCUT2D eigenvalue weighted by Gasteiger charge is 2.34. The molecule has 1 fully saturated rings. The van der Waals surface area contributed by atoms with Crippen LogP contribution in [0.25, 0.3) is 0 Å². The number of nitrogens with zero attached hydrogens (tertiary/aromatic N) is 1. The monoisotopic (exact) mass is 419 g/mol. The summed E-state index contributed by atoms with van der Waals surface area (Å²) in [5.41, 5.74) is 0.900. The number of rotatable bonds is 6. The molecule has 8 nitrogen and oxygen atoms in total. The molecule has 0 radical (unpaired) electrons. The van der Waals surface area contributed by atoms with Gasteiger partial charge in [0.1, 0.15) is 6.10 Å². The number of anilines is 1. The average molecular weight is 420 g/mol. The van der Waals surface area contributed by atoms with Gasteiger partial charge in [0.05, 0.1) is 23.9 Å². The number of carbonyl (C=O) groups excluding carboxylic acids is 2. The minimum absolute atomic E-state index is 0.0304. The van der Waals surface area contributed by atoms with Crippen LogP contribution in [0.2, 0.25) is 0 Å². The van der Waals surface area contributed by atoms with Crippen LogP contribution in [0.3, 0.4) is 0 Å². The Hall–Kier alpha value is -2.16. The van der Waals surface area contributed by atoms with Crippen molar-refractivity contribution in [3.8, 4) is 5.75 Å². The number of ether oxygens (including phenoxy) is 2. The second kappa shape index (κ2) is 10.2. The fraction of sp³-hybridized carbons (Fsp3) is 0.636. The van der Waals surface area contributed by atoms with Crippen LogP contribution in [0.4, 0.5) is 5.69 Å². The summed E-state index contributed by atoms with van der Waals surface area (Å²) in [6, 6.07) is 4.91. The molecular weight excluding hydrogens is 386 g/mol. The zero-order chi connectivity index (χ0) is 21.7. The van der Waals surface area contributed by atoms with Crippen LogP contribution < -0.4 is 15.4 Å². The lowest BCUT2D eigenvalue weighted by Gasteiger charge is -2.37. The Morgan fingerprint density at radius 3 is 2.73 bits per heavy atom. The van der Waals surface area contributed by atoms with E-state index in [2.05, 4.69) is 10.6 Å². The maximum atomic E-state index is 13.3. The second-order valence-electron chi connectivity index (χ2n) is 8.24. The van der Waals surface area contributed by atoms with E-state index in [9.17, 15) is 14.7 Å². The molecule has 1 aromatic rings. The van der Waals surface area contributed by atoms with Crippen molar-refractivity contribution in [1.82, 2.24) is 10.2 Å². The molecule has 2 amide bonds. The molecule has 2 heterocycles. The first-order valence-corrected chi connectivity index (χ1v) is 10.7. The van der Waals surface area contributed by atoms with E-state index < -0.39 is 0 Å². The molecule has 166 valence electrons. The van der Waals surface area contributed by atoms with Gasteiger partial charge in [0.15, 0.2) is 5.75 Å². The highest BCUT2D eigenvalue weighted by Crippen LogP contribution is 2.35. The minimum atomic E-state index is -0.318.